The normalized spacial score (nSPS) is 10.7. The first-order valence-electron chi connectivity index (χ1n) is 7.28. The molecule has 3 rings (SSSR count). The van der Waals surface area contributed by atoms with Crippen molar-refractivity contribution in [3.05, 3.63) is 58.3 Å². The summed E-state index contributed by atoms with van der Waals surface area (Å²) in [5.74, 6) is -1.03. The van der Waals surface area contributed by atoms with E-state index in [4.69, 9.17) is 23.2 Å². The molecule has 0 saturated heterocycles. The van der Waals surface area contributed by atoms with Gasteiger partial charge in [0.1, 0.15) is 12.2 Å². The molecule has 0 radical (unpaired) electrons. The molecule has 0 fully saturated rings. The number of esters is 1. The highest BCUT2D eigenvalue weighted by atomic mass is 35.5. The minimum absolute atomic E-state index is 0.152. The zero-order valence-corrected chi connectivity index (χ0v) is 14.6. The molecule has 2 heterocycles. The fourth-order valence-electron chi connectivity index (χ4n) is 2.40. The highest BCUT2D eigenvalue weighted by molar-refractivity contribution is 6.35. The zero-order chi connectivity index (χ0) is 18.0. The van der Waals surface area contributed by atoms with Crippen molar-refractivity contribution in [1.82, 2.24) is 14.9 Å². The third-order valence-electron chi connectivity index (χ3n) is 3.53. The summed E-state index contributed by atoms with van der Waals surface area (Å²) in [6.07, 6.45) is 1.72. The SMILES string of the molecule is COC(=O)CNC(=O)c1cc(-c2cc(Cl)cc(Cl)c2)c2cccn2n1. The Balaban J connectivity index is 2.05. The van der Waals surface area contributed by atoms with Crippen LogP contribution in [-0.4, -0.2) is 35.1 Å². The van der Waals surface area contributed by atoms with Gasteiger partial charge < -0.3 is 10.1 Å². The smallest absolute Gasteiger partial charge is 0.325 e. The maximum absolute atomic E-state index is 12.3. The number of nitrogens with zero attached hydrogens (tertiary/aromatic N) is 2. The predicted octanol–water partition coefficient (Wildman–Crippen LogP) is 3.21. The molecular weight excluding hydrogens is 365 g/mol. The lowest BCUT2D eigenvalue weighted by Crippen LogP contribution is -2.31. The second-order valence-electron chi connectivity index (χ2n) is 5.20. The first-order valence-corrected chi connectivity index (χ1v) is 8.03. The van der Waals surface area contributed by atoms with Crippen LogP contribution in [0.5, 0.6) is 0 Å². The highest BCUT2D eigenvalue weighted by Crippen LogP contribution is 2.30. The zero-order valence-electron chi connectivity index (χ0n) is 13.1. The molecule has 0 bridgehead atoms. The molecule has 0 aliphatic heterocycles. The van der Waals surface area contributed by atoms with E-state index in [1.807, 2.05) is 12.1 Å². The van der Waals surface area contributed by atoms with Crippen LogP contribution in [0.1, 0.15) is 10.5 Å². The molecule has 1 aromatic carbocycles. The molecule has 6 nitrogen and oxygen atoms in total. The van der Waals surface area contributed by atoms with Gasteiger partial charge in [-0.2, -0.15) is 5.10 Å². The molecule has 0 unspecified atom stereocenters. The molecule has 0 saturated carbocycles. The fraction of sp³-hybridized carbons (Fsp3) is 0.118. The van der Waals surface area contributed by atoms with Crippen LogP contribution < -0.4 is 5.32 Å². The first kappa shape index (κ1) is 17.3. The molecule has 2 aromatic heterocycles. The predicted molar refractivity (Wildman–Crippen MR) is 95.0 cm³/mol. The van der Waals surface area contributed by atoms with E-state index in [1.54, 1.807) is 35.0 Å². The van der Waals surface area contributed by atoms with Crippen LogP contribution in [0, 0.1) is 0 Å². The van der Waals surface area contributed by atoms with Crippen molar-refractivity contribution < 1.29 is 14.3 Å². The molecule has 0 aliphatic rings. The monoisotopic (exact) mass is 377 g/mol. The van der Waals surface area contributed by atoms with Gasteiger partial charge in [0.15, 0.2) is 0 Å². The molecule has 0 atom stereocenters. The number of halogens is 2. The number of hydrogen-bond acceptors (Lipinski definition) is 4. The summed E-state index contributed by atoms with van der Waals surface area (Å²) < 4.78 is 6.09. The number of nitrogens with one attached hydrogen (secondary N) is 1. The van der Waals surface area contributed by atoms with Crippen LogP contribution in [0.15, 0.2) is 42.6 Å². The molecule has 0 aliphatic carbocycles. The number of aromatic nitrogens is 2. The number of benzene rings is 1. The van der Waals surface area contributed by atoms with Crippen molar-refractivity contribution >= 4 is 40.6 Å². The lowest BCUT2D eigenvalue weighted by molar-refractivity contribution is -0.139. The summed E-state index contributed by atoms with van der Waals surface area (Å²) in [7, 11) is 1.25. The third kappa shape index (κ3) is 3.75. The van der Waals surface area contributed by atoms with Crippen molar-refractivity contribution in [1.29, 1.82) is 0 Å². The molecular formula is C17H13Cl2N3O3. The lowest BCUT2D eigenvalue weighted by atomic mass is 10.1. The number of rotatable bonds is 4. The highest BCUT2D eigenvalue weighted by Gasteiger charge is 2.15. The van der Waals surface area contributed by atoms with Crippen molar-refractivity contribution in [2.75, 3.05) is 13.7 Å². The van der Waals surface area contributed by atoms with E-state index in [0.717, 1.165) is 16.6 Å². The van der Waals surface area contributed by atoms with Crippen molar-refractivity contribution in [3.8, 4) is 11.1 Å². The van der Waals surface area contributed by atoms with E-state index < -0.39 is 11.9 Å². The molecule has 25 heavy (non-hydrogen) atoms. The van der Waals surface area contributed by atoms with Crippen LogP contribution in [0.2, 0.25) is 10.0 Å². The van der Waals surface area contributed by atoms with Gasteiger partial charge in [-0.15, -0.1) is 0 Å². The Kier molecular flexibility index (Phi) is 4.92. The number of amides is 1. The van der Waals surface area contributed by atoms with Gasteiger partial charge in [0.05, 0.1) is 12.6 Å². The number of hydrogen-bond donors (Lipinski definition) is 1. The average Bonchev–Trinajstić information content (AvgIpc) is 3.06. The van der Waals surface area contributed by atoms with Crippen molar-refractivity contribution in [2.45, 2.75) is 0 Å². The number of ether oxygens (including phenoxy) is 1. The van der Waals surface area contributed by atoms with Gasteiger partial charge in [0, 0.05) is 21.8 Å². The Bertz CT molecular complexity index is 949. The number of carbonyl (C=O) groups is 2. The van der Waals surface area contributed by atoms with E-state index in [-0.39, 0.29) is 12.2 Å². The van der Waals surface area contributed by atoms with E-state index in [1.165, 1.54) is 7.11 Å². The van der Waals surface area contributed by atoms with Crippen LogP contribution in [0.4, 0.5) is 0 Å². The Morgan fingerprint density at radius 2 is 1.92 bits per heavy atom. The number of methoxy groups -OCH3 is 1. The third-order valence-corrected chi connectivity index (χ3v) is 3.96. The standard InChI is InChI=1S/C17H13Cl2N3O3/c1-25-16(23)9-20-17(24)14-8-13(15-3-2-4-22(15)21-14)10-5-11(18)7-12(19)6-10/h2-8H,9H2,1H3,(H,20,24). The molecule has 3 aromatic rings. The molecule has 1 amide bonds. The number of carbonyl (C=O) groups excluding carboxylic acids is 2. The molecule has 8 heteroatoms. The largest absolute Gasteiger partial charge is 0.468 e. The molecule has 1 N–H and O–H groups in total. The molecule has 0 spiro atoms. The minimum Gasteiger partial charge on any atom is -0.468 e. The van der Waals surface area contributed by atoms with Gasteiger partial charge in [0.25, 0.3) is 5.91 Å². The lowest BCUT2D eigenvalue weighted by Gasteiger charge is -2.10. The second-order valence-corrected chi connectivity index (χ2v) is 6.07. The van der Waals surface area contributed by atoms with Gasteiger partial charge in [-0.05, 0) is 42.0 Å². The Morgan fingerprint density at radius 1 is 1.20 bits per heavy atom. The van der Waals surface area contributed by atoms with Crippen LogP contribution >= 0.6 is 23.2 Å². The first-order chi connectivity index (χ1) is 12.0. The topological polar surface area (TPSA) is 72.7 Å². The van der Waals surface area contributed by atoms with E-state index >= 15 is 0 Å². The summed E-state index contributed by atoms with van der Waals surface area (Å²) in [5.41, 5.74) is 2.44. The summed E-state index contributed by atoms with van der Waals surface area (Å²) in [6.45, 7) is -0.237. The van der Waals surface area contributed by atoms with Gasteiger partial charge in [-0.25, -0.2) is 4.52 Å². The van der Waals surface area contributed by atoms with Gasteiger partial charge >= 0.3 is 5.97 Å². The maximum Gasteiger partial charge on any atom is 0.325 e. The minimum atomic E-state index is -0.544. The second kappa shape index (κ2) is 7.13. The summed E-state index contributed by atoms with van der Waals surface area (Å²) in [4.78, 5) is 23.5. The summed E-state index contributed by atoms with van der Waals surface area (Å²) in [5, 5.41) is 7.70. The van der Waals surface area contributed by atoms with E-state index in [9.17, 15) is 9.59 Å². The fourth-order valence-corrected chi connectivity index (χ4v) is 2.92. The van der Waals surface area contributed by atoms with Crippen molar-refractivity contribution in [3.63, 3.8) is 0 Å². The van der Waals surface area contributed by atoms with E-state index in [2.05, 4.69) is 15.2 Å². The Morgan fingerprint density at radius 3 is 2.60 bits per heavy atom. The quantitative estimate of drug-likeness (QED) is 0.708. The summed E-state index contributed by atoms with van der Waals surface area (Å²) in [6, 6.07) is 10.5. The van der Waals surface area contributed by atoms with Crippen LogP contribution in [0.3, 0.4) is 0 Å². The van der Waals surface area contributed by atoms with Crippen LogP contribution in [-0.2, 0) is 9.53 Å². The van der Waals surface area contributed by atoms with Crippen molar-refractivity contribution in [2.24, 2.45) is 0 Å². The van der Waals surface area contributed by atoms with Gasteiger partial charge in [-0.3, -0.25) is 9.59 Å². The van der Waals surface area contributed by atoms with Gasteiger partial charge in [-0.1, -0.05) is 23.2 Å². The Hall–Kier alpha value is -2.57. The van der Waals surface area contributed by atoms with E-state index in [0.29, 0.717) is 10.0 Å². The average molecular weight is 378 g/mol. The number of fused-ring (bicyclic) bond motifs is 1. The maximum atomic E-state index is 12.3. The summed E-state index contributed by atoms with van der Waals surface area (Å²) >= 11 is 12.2. The van der Waals surface area contributed by atoms with Gasteiger partial charge in [0.2, 0.25) is 0 Å². The van der Waals surface area contributed by atoms with Crippen LogP contribution in [0.25, 0.3) is 16.6 Å². The Labute approximate surface area is 153 Å². The molecule has 128 valence electrons.